The van der Waals surface area contributed by atoms with E-state index in [2.05, 4.69) is 22.3 Å². The topological polar surface area (TPSA) is 67.9 Å². The molecule has 1 atom stereocenters. The van der Waals surface area contributed by atoms with Crippen LogP contribution in [0.5, 0.6) is 0 Å². The summed E-state index contributed by atoms with van der Waals surface area (Å²) in [6, 6.07) is 18.1. The molecule has 2 aliphatic rings. The number of oxime groups is 1. The number of aryl methyl sites for hydroxylation is 1. The maximum Gasteiger partial charge on any atom is 0.266 e. The van der Waals surface area contributed by atoms with E-state index in [1.165, 1.54) is 5.56 Å². The number of likely N-dealkylation sites (tertiary alicyclic amines) is 1. The quantitative estimate of drug-likeness (QED) is 0.637. The van der Waals surface area contributed by atoms with Crippen molar-refractivity contribution in [2.75, 3.05) is 13.1 Å². The summed E-state index contributed by atoms with van der Waals surface area (Å²) < 4.78 is 5.92. The number of amides is 1. The van der Waals surface area contributed by atoms with Crippen LogP contribution in [0.15, 0.2) is 64.2 Å². The Kier molecular flexibility index (Phi) is 5.22. The average Bonchev–Trinajstić information content (AvgIpc) is 3.45. The number of para-hydroxylation sites is 2. The smallest absolute Gasteiger partial charge is 0.266 e. The standard InChI is InChI=1S/C24H25N3O3/c28-24(22-16-19(26-30-22)11-10-17-6-2-1-3-7-17)27-14-12-18(13-15-27)23-25-20-8-4-5-9-21(20)29-23/h1-9,18,22H,10-16H2/t22-/m1/s1. The lowest BCUT2D eigenvalue weighted by molar-refractivity contribution is -0.143. The van der Waals surface area contributed by atoms with Crippen LogP contribution < -0.4 is 0 Å². The van der Waals surface area contributed by atoms with E-state index in [9.17, 15) is 4.79 Å². The molecule has 30 heavy (non-hydrogen) atoms. The lowest BCUT2D eigenvalue weighted by Gasteiger charge is -2.31. The monoisotopic (exact) mass is 403 g/mol. The minimum absolute atomic E-state index is 0.0458. The Morgan fingerprint density at radius 1 is 1.00 bits per heavy atom. The van der Waals surface area contributed by atoms with Gasteiger partial charge in [-0.25, -0.2) is 4.98 Å². The first-order chi connectivity index (χ1) is 14.8. The first-order valence-corrected chi connectivity index (χ1v) is 10.7. The Bertz CT molecular complexity index is 1020. The SMILES string of the molecule is O=C([C@H]1CC(CCc2ccccc2)=NO1)N1CCC(c2nc3ccccc3o2)CC1. The molecule has 6 nitrogen and oxygen atoms in total. The predicted molar refractivity (Wildman–Crippen MR) is 114 cm³/mol. The fourth-order valence-corrected chi connectivity index (χ4v) is 4.26. The van der Waals surface area contributed by atoms with Gasteiger partial charge < -0.3 is 14.2 Å². The van der Waals surface area contributed by atoms with E-state index in [1.54, 1.807) is 0 Å². The van der Waals surface area contributed by atoms with Crippen LogP contribution in [-0.4, -0.2) is 40.7 Å². The normalized spacial score (nSPS) is 19.7. The summed E-state index contributed by atoms with van der Waals surface area (Å²) in [5, 5.41) is 4.18. The second-order valence-corrected chi connectivity index (χ2v) is 8.06. The number of oxazole rings is 1. The van der Waals surface area contributed by atoms with E-state index in [0.717, 1.165) is 48.4 Å². The van der Waals surface area contributed by atoms with Gasteiger partial charge in [0.1, 0.15) is 5.52 Å². The number of piperidine rings is 1. The molecular weight excluding hydrogens is 378 g/mol. The number of rotatable bonds is 5. The van der Waals surface area contributed by atoms with Gasteiger partial charge in [-0.15, -0.1) is 0 Å². The fraction of sp³-hybridized carbons (Fsp3) is 0.375. The van der Waals surface area contributed by atoms with Crippen molar-refractivity contribution in [2.45, 2.75) is 44.1 Å². The molecule has 0 bridgehead atoms. The van der Waals surface area contributed by atoms with Crippen molar-refractivity contribution in [3.63, 3.8) is 0 Å². The molecule has 3 aromatic rings. The molecule has 1 amide bonds. The van der Waals surface area contributed by atoms with Crippen molar-refractivity contribution in [3.8, 4) is 0 Å². The van der Waals surface area contributed by atoms with Gasteiger partial charge in [0, 0.05) is 25.4 Å². The summed E-state index contributed by atoms with van der Waals surface area (Å²) in [6.07, 6.45) is 3.57. The zero-order chi connectivity index (χ0) is 20.3. The van der Waals surface area contributed by atoms with Gasteiger partial charge in [0.25, 0.3) is 5.91 Å². The summed E-state index contributed by atoms with van der Waals surface area (Å²) in [7, 11) is 0. The summed E-state index contributed by atoms with van der Waals surface area (Å²) in [4.78, 5) is 24.9. The predicted octanol–water partition coefficient (Wildman–Crippen LogP) is 4.31. The molecule has 0 unspecified atom stereocenters. The third kappa shape index (κ3) is 3.95. The minimum atomic E-state index is -0.475. The van der Waals surface area contributed by atoms with Gasteiger partial charge in [-0.05, 0) is 43.4 Å². The van der Waals surface area contributed by atoms with Gasteiger partial charge in [0.15, 0.2) is 11.5 Å². The second kappa shape index (κ2) is 8.30. The van der Waals surface area contributed by atoms with Crippen LogP contribution in [0.2, 0.25) is 0 Å². The molecule has 1 aromatic heterocycles. The minimum Gasteiger partial charge on any atom is -0.440 e. The molecule has 2 aliphatic heterocycles. The number of fused-ring (bicyclic) bond motifs is 1. The molecule has 154 valence electrons. The first kappa shape index (κ1) is 18.9. The highest BCUT2D eigenvalue weighted by Crippen LogP contribution is 2.30. The lowest BCUT2D eigenvalue weighted by atomic mass is 9.96. The Balaban J connectivity index is 1.12. The highest BCUT2D eigenvalue weighted by Gasteiger charge is 2.34. The zero-order valence-electron chi connectivity index (χ0n) is 16.9. The summed E-state index contributed by atoms with van der Waals surface area (Å²) in [5.74, 6) is 1.08. The maximum atomic E-state index is 12.9. The molecule has 0 spiro atoms. The van der Waals surface area contributed by atoms with Crippen LogP contribution in [0.4, 0.5) is 0 Å². The van der Waals surface area contributed by atoms with E-state index < -0.39 is 6.10 Å². The van der Waals surface area contributed by atoms with Crippen molar-refractivity contribution in [1.82, 2.24) is 9.88 Å². The van der Waals surface area contributed by atoms with Crippen molar-refractivity contribution in [2.24, 2.45) is 5.16 Å². The largest absolute Gasteiger partial charge is 0.440 e. The van der Waals surface area contributed by atoms with E-state index in [0.29, 0.717) is 19.5 Å². The Hall–Kier alpha value is -3.15. The number of carbonyl (C=O) groups is 1. The first-order valence-electron chi connectivity index (χ1n) is 10.7. The number of benzene rings is 2. The third-order valence-corrected chi connectivity index (χ3v) is 6.02. The molecule has 6 heteroatoms. The van der Waals surface area contributed by atoms with Crippen LogP contribution in [0.1, 0.15) is 43.1 Å². The third-order valence-electron chi connectivity index (χ3n) is 6.02. The van der Waals surface area contributed by atoms with Crippen LogP contribution in [0, 0.1) is 0 Å². The van der Waals surface area contributed by atoms with Gasteiger partial charge in [0.05, 0.1) is 5.71 Å². The number of aromatic nitrogens is 1. The molecule has 0 N–H and O–H groups in total. The van der Waals surface area contributed by atoms with Crippen LogP contribution in [0.3, 0.4) is 0 Å². The molecule has 5 rings (SSSR count). The van der Waals surface area contributed by atoms with E-state index in [4.69, 9.17) is 9.25 Å². The highest BCUT2D eigenvalue weighted by atomic mass is 16.6. The van der Waals surface area contributed by atoms with Crippen LogP contribution >= 0.6 is 0 Å². The highest BCUT2D eigenvalue weighted by molar-refractivity contribution is 5.93. The molecule has 3 heterocycles. The molecule has 1 fully saturated rings. The Labute approximate surface area is 175 Å². The lowest BCUT2D eigenvalue weighted by Crippen LogP contribution is -2.43. The Morgan fingerprint density at radius 3 is 2.57 bits per heavy atom. The van der Waals surface area contributed by atoms with Crippen molar-refractivity contribution in [1.29, 1.82) is 0 Å². The zero-order valence-corrected chi connectivity index (χ0v) is 16.9. The second-order valence-electron chi connectivity index (χ2n) is 8.06. The van der Waals surface area contributed by atoms with E-state index in [1.807, 2.05) is 47.4 Å². The molecule has 0 radical (unpaired) electrons. The molecule has 2 aromatic carbocycles. The van der Waals surface area contributed by atoms with Gasteiger partial charge in [-0.2, -0.15) is 0 Å². The van der Waals surface area contributed by atoms with Gasteiger partial charge in [-0.1, -0.05) is 47.6 Å². The molecular formula is C24H25N3O3. The maximum absolute atomic E-state index is 12.9. The number of hydrogen-bond acceptors (Lipinski definition) is 5. The summed E-state index contributed by atoms with van der Waals surface area (Å²) >= 11 is 0. The molecule has 0 saturated carbocycles. The fourth-order valence-electron chi connectivity index (χ4n) is 4.26. The van der Waals surface area contributed by atoms with Crippen LogP contribution in [-0.2, 0) is 16.1 Å². The van der Waals surface area contributed by atoms with Gasteiger partial charge >= 0.3 is 0 Å². The average molecular weight is 403 g/mol. The summed E-state index contributed by atoms with van der Waals surface area (Å²) in [6.45, 7) is 1.39. The Morgan fingerprint density at radius 2 is 1.77 bits per heavy atom. The van der Waals surface area contributed by atoms with Crippen molar-refractivity contribution < 1.29 is 14.0 Å². The van der Waals surface area contributed by atoms with E-state index >= 15 is 0 Å². The van der Waals surface area contributed by atoms with E-state index in [-0.39, 0.29) is 11.8 Å². The van der Waals surface area contributed by atoms with Crippen molar-refractivity contribution >= 4 is 22.7 Å². The molecule has 1 saturated heterocycles. The molecule has 0 aliphatic carbocycles. The van der Waals surface area contributed by atoms with Crippen LogP contribution in [0.25, 0.3) is 11.1 Å². The van der Waals surface area contributed by atoms with Gasteiger partial charge in [0.2, 0.25) is 6.10 Å². The number of hydrogen-bond donors (Lipinski definition) is 0. The summed E-state index contributed by atoms with van der Waals surface area (Å²) in [5.41, 5.74) is 3.96. The number of nitrogens with zero attached hydrogens (tertiary/aromatic N) is 3. The van der Waals surface area contributed by atoms with Crippen molar-refractivity contribution in [3.05, 3.63) is 66.1 Å². The van der Waals surface area contributed by atoms with Gasteiger partial charge in [-0.3, -0.25) is 4.79 Å². The number of carbonyl (C=O) groups excluding carboxylic acids is 1.